The average Bonchev–Trinajstić information content (AvgIpc) is 2.26. The average molecular weight is 338 g/mol. The minimum Gasteiger partial charge on any atom is -0.342 e. The van der Waals surface area contributed by atoms with E-state index in [1.54, 1.807) is 0 Å². The van der Waals surface area contributed by atoms with Gasteiger partial charge in [0.15, 0.2) is 0 Å². The third kappa shape index (κ3) is 3.33. The molecule has 1 fully saturated rings. The van der Waals surface area contributed by atoms with Gasteiger partial charge in [0, 0.05) is 24.4 Å². The van der Waals surface area contributed by atoms with Crippen molar-refractivity contribution in [1.29, 1.82) is 0 Å². The molecule has 4 nitrogen and oxygen atoms in total. The number of nitrogens with zero attached hydrogens (tertiary/aromatic N) is 1. The van der Waals surface area contributed by atoms with Crippen LogP contribution in [0.25, 0.3) is 0 Å². The zero-order valence-corrected chi connectivity index (χ0v) is 12.2. The fraction of sp³-hybridized carbons (Fsp3) is 0.818. The van der Waals surface area contributed by atoms with Crippen LogP contribution in [0.4, 0.5) is 0 Å². The molecular weight excluding hydrogens is 319 g/mol. The molecule has 1 N–H and O–H groups in total. The molecule has 1 aliphatic rings. The molecular formula is C11H19IN2O2. The highest BCUT2D eigenvalue weighted by molar-refractivity contribution is 14.1. The van der Waals surface area contributed by atoms with Crippen molar-refractivity contribution in [3.63, 3.8) is 0 Å². The first-order valence-corrected chi connectivity index (χ1v) is 6.64. The fourth-order valence-corrected chi connectivity index (χ4v) is 2.34. The second kappa shape index (κ2) is 5.33. The lowest BCUT2D eigenvalue weighted by Crippen LogP contribution is -2.45. The summed E-state index contributed by atoms with van der Waals surface area (Å²) >= 11 is 1.87. The Hall–Kier alpha value is -0.330. The third-order valence-corrected chi connectivity index (χ3v) is 3.42. The maximum Gasteiger partial charge on any atom is 0.231 e. The van der Waals surface area contributed by atoms with Crippen LogP contribution in [0.1, 0.15) is 33.6 Å². The summed E-state index contributed by atoms with van der Waals surface area (Å²) in [5.41, 5.74) is -0.321. The number of likely N-dealkylation sites (tertiary alicyclic amines) is 1. The van der Waals surface area contributed by atoms with Crippen LogP contribution in [0, 0.1) is 11.3 Å². The lowest BCUT2D eigenvalue weighted by molar-refractivity contribution is -0.142. The van der Waals surface area contributed by atoms with Crippen LogP contribution in [0.3, 0.4) is 0 Å². The minimum absolute atomic E-state index is 0.0703. The van der Waals surface area contributed by atoms with E-state index >= 15 is 0 Å². The van der Waals surface area contributed by atoms with Crippen molar-refractivity contribution in [3.05, 3.63) is 0 Å². The molecule has 2 amide bonds. The topological polar surface area (TPSA) is 49.4 Å². The van der Waals surface area contributed by atoms with E-state index in [0.29, 0.717) is 13.1 Å². The molecule has 0 aromatic heterocycles. The predicted molar refractivity (Wildman–Crippen MR) is 70.9 cm³/mol. The van der Waals surface area contributed by atoms with Crippen molar-refractivity contribution in [1.82, 2.24) is 8.43 Å². The molecule has 92 valence electrons. The summed E-state index contributed by atoms with van der Waals surface area (Å²) in [7, 11) is 0. The Balaban J connectivity index is 2.49. The standard InChI is InChI=1S/C11H19IN2O2/c1-11(2,3)10(16)14-6-4-8(5-7-14)9(15)13-12/h8H,4-7H2,1-3H3,(H,13,15). The quantitative estimate of drug-likeness (QED) is 0.585. The molecule has 1 rings (SSSR count). The van der Waals surface area contributed by atoms with Crippen molar-refractivity contribution < 1.29 is 9.59 Å². The molecule has 1 saturated heterocycles. The Morgan fingerprint density at radius 1 is 1.25 bits per heavy atom. The van der Waals surface area contributed by atoms with Gasteiger partial charge < -0.3 is 4.90 Å². The van der Waals surface area contributed by atoms with Gasteiger partial charge in [0.2, 0.25) is 11.8 Å². The predicted octanol–water partition coefficient (Wildman–Crippen LogP) is 1.74. The van der Waals surface area contributed by atoms with Crippen LogP contribution in [-0.2, 0) is 9.59 Å². The van der Waals surface area contributed by atoms with Crippen LogP contribution < -0.4 is 3.53 Å². The van der Waals surface area contributed by atoms with Crippen LogP contribution in [0.2, 0.25) is 0 Å². The van der Waals surface area contributed by atoms with Crippen molar-refractivity contribution in [2.75, 3.05) is 13.1 Å². The SMILES string of the molecule is CC(C)(C)C(=O)N1CCC(C(=O)NI)CC1. The molecule has 0 spiro atoms. The van der Waals surface area contributed by atoms with Crippen molar-refractivity contribution in [2.45, 2.75) is 33.6 Å². The van der Waals surface area contributed by atoms with E-state index in [-0.39, 0.29) is 23.1 Å². The summed E-state index contributed by atoms with van der Waals surface area (Å²) in [5, 5.41) is 0. The molecule has 1 aliphatic heterocycles. The molecule has 0 unspecified atom stereocenters. The molecule has 0 saturated carbocycles. The summed E-state index contributed by atoms with van der Waals surface area (Å²) in [5.74, 6) is 0.338. The van der Waals surface area contributed by atoms with E-state index in [4.69, 9.17) is 0 Å². The normalized spacial score (nSPS) is 18.4. The number of amides is 2. The van der Waals surface area contributed by atoms with Gasteiger partial charge in [-0.25, -0.2) is 0 Å². The van der Waals surface area contributed by atoms with E-state index in [0.717, 1.165) is 12.8 Å². The molecule has 0 bridgehead atoms. The van der Waals surface area contributed by atoms with Crippen LogP contribution >= 0.6 is 22.9 Å². The van der Waals surface area contributed by atoms with Gasteiger partial charge in [0.1, 0.15) is 0 Å². The summed E-state index contributed by atoms with van der Waals surface area (Å²) in [4.78, 5) is 25.3. The fourth-order valence-electron chi connectivity index (χ4n) is 1.90. The third-order valence-electron chi connectivity index (χ3n) is 2.89. The largest absolute Gasteiger partial charge is 0.342 e. The highest BCUT2D eigenvalue weighted by Crippen LogP contribution is 2.23. The first-order chi connectivity index (χ1) is 7.36. The summed E-state index contributed by atoms with van der Waals surface area (Å²) in [6.07, 6.45) is 1.55. The van der Waals surface area contributed by atoms with Gasteiger partial charge in [-0.2, -0.15) is 0 Å². The van der Waals surface area contributed by atoms with Gasteiger partial charge in [0.05, 0.1) is 22.9 Å². The second-order valence-corrected chi connectivity index (χ2v) is 5.81. The first-order valence-electron chi connectivity index (χ1n) is 5.56. The van der Waals surface area contributed by atoms with Gasteiger partial charge in [-0.3, -0.25) is 13.1 Å². The van der Waals surface area contributed by atoms with Crippen LogP contribution in [0.15, 0.2) is 0 Å². The molecule has 0 aliphatic carbocycles. The maximum absolute atomic E-state index is 12.0. The van der Waals surface area contributed by atoms with Gasteiger partial charge in [-0.05, 0) is 12.8 Å². The highest BCUT2D eigenvalue weighted by atomic mass is 127. The summed E-state index contributed by atoms with van der Waals surface area (Å²) in [6, 6.07) is 0. The molecule has 0 aromatic carbocycles. The Bertz CT molecular complexity index is 278. The zero-order valence-electron chi connectivity index (χ0n) is 10.0. The molecule has 0 atom stereocenters. The van der Waals surface area contributed by atoms with Gasteiger partial charge in [0.25, 0.3) is 0 Å². The van der Waals surface area contributed by atoms with Gasteiger partial charge in [-0.1, -0.05) is 20.8 Å². The number of nitrogens with one attached hydrogen (secondary N) is 1. The van der Waals surface area contributed by atoms with Crippen LogP contribution in [0.5, 0.6) is 0 Å². The molecule has 16 heavy (non-hydrogen) atoms. The van der Waals surface area contributed by atoms with Crippen molar-refractivity contribution >= 4 is 34.7 Å². The Kier molecular flexibility index (Phi) is 4.58. The van der Waals surface area contributed by atoms with Crippen molar-refractivity contribution in [3.8, 4) is 0 Å². The Morgan fingerprint density at radius 2 is 1.75 bits per heavy atom. The zero-order chi connectivity index (χ0) is 12.3. The number of piperidine rings is 1. The Morgan fingerprint density at radius 3 is 2.12 bits per heavy atom. The monoisotopic (exact) mass is 338 g/mol. The number of carbonyl (C=O) groups is 2. The van der Waals surface area contributed by atoms with E-state index in [9.17, 15) is 9.59 Å². The Labute approximate surface area is 111 Å². The number of carbonyl (C=O) groups excluding carboxylic acids is 2. The number of hydrogen-bond donors (Lipinski definition) is 1. The first kappa shape index (κ1) is 13.7. The summed E-state index contributed by atoms with van der Waals surface area (Å²) in [6.45, 7) is 7.19. The van der Waals surface area contributed by atoms with Crippen LogP contribution in [-0.4, -0.2) is 29.8 Å². The molecule has 0 radical (unpaired) electrons. The van der Waals surface area contributed by atoms with E-state index in [1.807, 2.05) is 48.5 Å². The highest BCUT2D eigenvalue weighted by Gasteiger charge is 2.32. The lowest BCUT2D eigenvalue weighted by atomic mass is 9.91. The van der Waals surface area contributed by atoms with E-state index < -0.39 is 0 Å². The number of halogens is 1. The number of rotatable bonds is 1. The molecule has 5 heteroatoms. The van der Waals surface area contributed by atoms with E-state index in [1.165, 1.54) is 0 Å². The maximum atomic E-state index is 12.0. The molecule has 1 heterocycles. The second-order valence-electron chi connectivity index (χ2n) is 5.28. The van der Waals surface area contributed by atoms with Gasteiger partial charge in [-0.15, -0.1) is 0 Å². The lowest BCUT2D eigenvalue weighted by Gasteiger charge is -2.35. The van der Waals surface area contributed by atoms with Crippen molar-refractivity contribution in [2.24, 2.45) is 11.3 Å². The van der Waals surface area contributed by atoms with E-state index in [2.05, 4.69) is 3.53 Å². The van der Waals surface area contributed by atoms with Gasteiger partial charge >= 0.3 is 0 Å². The smallest absolute Gasteiger partial charge is 0.231 e. The summed E-state index contributed by atoms with van der Waals surface area (Å²) < 4.78 is 2.64. The minimum atomic E-state index is -0.321. The number of hydrogen-bond acceptors (Lipinski definition) is 2. The molecule has 0 aromatic rings.